The molecular formula is C21H21N3O2. The highest BCUT2D eigenvalue weighted by molar-refractivity contribution is 5.94. The van der Waals surface area contributed by atoms with E-state index in [0.29, 0.717) is 18.3 Å². The molecule has 2 heterocycles. The lowest BCUT2D eigenvalue weighted by molar-refractivity contribution is 0.0695. The number of aromatic nitrogens is 2. The number of aryl methyl sites for hydroxylation is 1. The molecule has 0 aliphatic carbocycles. The van der Waals surface area contributed by atoms with E-state index < -0.39 is 0 Å². The standard InChI is InChI=1S/C21H21N3O2/c1-15-9-11-16(12-10-15)19-22-20(26-23-19)18-8-5-13-24(14-18)21(25)17-6-3-2-4-7-17/h2-4,6-7,9-12,18H,5,8,13-14H2,1H3. The topological polar surface area (TPSA) is 59.2 Å². The zero-order chi connectivity index (χ0) is 17.9. The Labute approximate surface area is 152 Å². The summed E-state index contributed by atoms with van der Waals surface area (Å²) in [5.41, 5.74) is 2.86. The summed E-state index contributed by atoms with van der Waals surface area (Å²) in [6, 6.07) is 17.5. The zero-order valence-electron chi connectivity index (χ0n) is 14.8. The summed E-state index contributed by atoms with van der Waals surface area (Å²) < 4.78 is 5.52. The normalized spacial score (nSPS) is 17.3. The van der Waals surface area contributed by atoms with E-state index in [2.05, 4.69) is 10.1 Å². The van der Waals surface area contributed by atoms with Crippen LogP contribution in [0.3, 0.4) is 0 Å². The summed E-state index contributed by atoms with van der Waals surface area (Å²) in [5.74, 6) is 1.37. The molecule has 1 unspecified atom stereocenters. The van der Waals surface area contributed by atoms with Gasteiger partial charge in [-0.25, -0.2) is 0 Å². The first-order valence-electron chi connectivity index (χ1n) is 8.95. The predicted octanol–water partition coefficient (Wildman–Crippen LogP) is 4.06. The number of carbonyl (C=O) groups excluding carboxylic acids is 1. The van der Waals surface area contributed by atoms with Crippen LogP contribution in [0.15, 0.2) is 59.1 Å². The molecule has 0 saturated carbocycles. The Morgan fingerprint density at radius 3 is 2.65 bits per heavy atom. The molecule has 132 valence electrons. The number of carbonyl (C=O) groups is 1. The van der Waals surface area contributed by atoms with Gasteiger partial charge in [0, 0.05) is 24.2 Å². The smallest absolute Gasteiger partial charge is 0.253 e. The Hall–Kier alpha value is -2.95. The van der Waals surface area contributed by atoms with Gasteiger partial charge in [-0.1, -0.05) is 53.2 Å². The lowest BCUT2D eigenvalue weighted by atomic mass is 9.97. The van der Waals surface area contributed by atoms with Crippen molar-refractivity contribution in [2.24, 2.45) is 0 Å². The minimum atomic E-state index is 0.0635. The molecule has 1 saturated heterocycles. The highest BCUT2D eigenvalue weighted by atomic mass is 16.5. The van der Waals surface area contributed by atoms with Crippen LogP contribution in [0.1, 0.15) is 40.6 Å². The molecule has 1 aliphatic heterocycles. The third-order valence-corrected chi connectivity index (χ3v) is 4.83. The van der Waals surface area contributed by atoms with Crippen molar-refractivity contribution in [3.05, 3.63) is 71.6 Å². The second-order valence-corrected chi connectivity index (χ2v) is 6.78. The van der Waals surface area contributed by atoms with E-state index in [1.807, 2.05) is 66.4 Å². The SMILES string of the molecule is Cc1ccc(-c2noc(C3CCCN(C(=O)c4ccccc4)C3)n2)cc1. The minimum Gasteiger partial charge on any atom is -0.339 e. The van der Waals surface area contributed by atoms with E-state index in [0.717, 1.165) is 30.5 Å². The van der Waals surface area contributed by atoms with E-state index >= 15 is 0 Å². The molecule has 1 atom stereocenters. The van der Waals surface area contributed by atoms with Crippen molar-refractivity contribution >= 4 is 5.91 Å². The van der Waals surface area contributed by atoms with Crippen molar-refractivity contribution in [2.45, 2.75) is 25.7 Å². The first-order chi connectivity index (χ1) is 12.7. The quantitative estimate of drug-likeness (QED) is 0.717. The fraction of sp³-hybridized carbons (Fsp3) is 0.286. The van der Waals surface area contributed by atoms with Crippen LogP contribution in [-0.2, 0) is 0 Å². The molecular weight excluding hydrogens is 326 g/mol. The second kappa shape index (κ2) is 7.12. The van der Waals surface area contributed by atoms with Crippen LogP contribution in [-0.4, -0.2) is 34.0 Å². The monoisotopic (exact) mass is 347 g/mol. The lowest BCUT2D eigenvalue weighted by Crippen LogP contribution is -2.39. The van der Waals surface area contributed by atoms with Gasteiger partial charge in [-0.3, -0.25) is 4.79 Å². The third-order valence-electron chi connectivity index (χ3n) is 4.83. The fourth-order valence-electron chi connectivity index (χ4n) is 3.35. The van der Waals surface area contributed by atoms with Gasteiger partial charge < -0.3 is 9.42 Å². The molecule has 26 heavy (non-hydrogen) atoms. The van der Waals surface area contributed by atoms with Crippen molar-refractivity contribution in [3.63, 3.8) is 0 Å². The van der Waals surface area contributed by atoms with Crippen molar-refractivity contribution in [2.75, 3.05) is 13.1 Å². The van der Waals surface area contributed by atoms with Gasteiger partial charge in [-0.05, 0) is 31.9 Å². The van der Waals surface area contributed by atoms with E-state index in [4.69, 9.17) is 4.52 Å². The van der Waals surface area contributed by atoms with Gasteiger partial charge in [0.2, 0.25) is 11.7 Å². The maximum Gasteiger partial charge on any atom is 0.253 e. The number of likely N-dealkylation sites (tertiary alicyclic amines) is 1. The number of amides is 1. The highest BCUT2D eigenvalue weighted by Gasteiger charge is 2.29. The van der Waals surface area contributed by atoms with E-state index in [1.165, 1.54) is 5.56 Å². The fourth-order valence-corrected chi connectivity index (χ4v) is 3.35. The van der Waals surface area contributed by atoms with Crippen molar-refractivity contribution in [1.82, 2.24) is 15.0 Å². The summed E-state index contributed by atoms with van der Waals surface area (Å²) in [6.07, 6.45) is 1.89. The first-order valence-corrected chi connectivity index (χ1v) is 8.95. The van der Waals surface area contributed by atoms with Crippen LogP contribution in [0.2, 0.25) is 0 Å². The summed E-state index contributed by atoms with van der Waals surface area (Å²) in [6.45, 7) is 3.43. The van der Waals surface area contributed by atoms with Gasteiger partial charge in [0.25, 0.3) is 5.91 Å². The molecule has 5 nitrogen and oxygen atoms in total. The van der Waals surface area contributed by atoms with Gasteiger partial charge in [0.15, 0.2) is 0 Å². The second-order valence-electron chi connectivity index (χ2n) is 6.78. The number of nitrogens with zero attached hydrogens (tertiary/aromatic N) is 3. The molecule has 4 rings (SSSR count). The van der Waals surface area contributed by atoms with Gasteiger partial charge in [0.1, 0.15) is 0 Å². The van der Waals surface area contributed by atoms with Crippen molar-refractivity contribution in [3.8, 4) is 11.4 Å². The number of piperidine rings is 1. The van der Waals surface area contributed by atoms with Gasteiger partial charge >= 0.3 is 0 Å². The lowest BCUT2D eigenvalue weighted by Gasteiger charge is -2.31. The van der Waals surface area contributed by atoms with Crippen molar-refractivity contribution < 1.29 is 9.32 Å². The maximum absolute atomic E-state index is 12.7. The Morgan fingerprint density at radius 1 is 1.12 bits per heavy atom. The van der Waals surface area contributed by atoms with E-state index in [-0.39, 0.29) is 11.8 Å². The van der Waals surface area contributed by atoms with E-state index in [1.54, 1.807) is 0 Å². The van der Waals surface area contributed by atoms with Crippen LogP contribution in [0.25, 0.3) is 11.4 Å². The summed E-state index contributed by atoms with van der Waals surface area (Å²) in [7, 11) is 0. The molecule has 5 heteroatoms. The number of hydrogen-bond acceptors (Lipinski definition) is 4. The van der Waals surface area contributed by atoms with Crippen LogP contribution >= 0.6 is 0 Å². The Balaban J connectivity index is 1.50. The summed E-state index contributed by atoms with van der Waals surface area (Å²) >= 11 is 0. The largest absolute Gasteiger partial charge is 0.339 e. The van der Waals surface area contributed by atoms with Gasteiger partial charge in [0.05, 0.1) is 5.92 Å². The first kappa shape index (κ1) is 16.5. The molecule has 0 spiro atoms. The predicted molar refractivity (Wildman–Crippen MR) is 98.8 cm³/mol. The number of hydrogen-bond donors (Lipinski definition) is 0. The molecule has 1 aromatic heterocycles. The molecule has 0 radical (unpaired) electrons. The van der Waals surface area contributed by atoms with Crippen LogP contribution < -0.4 is 0 Å². The van der Waals surface area contributed by atoms with Crippen molar-refractivity contribution in [1.29, 1.82) is 0 Å². The summed E-state index contributed by atoms with van der Waals surface area (Å²) in [4.78, 5) is 19.2. The van der Waals surface area contributed by atoms with Crippen LogP contribution in [0, 0.1) is 6.92 Å². The van der Waals surface area contributed by atoms with Crippen LogP contribution in [0.5, 0.6) is 0 Å². The molecule has 0 bridgehead atoms. The van der Waals surface area contributed by atoms with Gasteiger partial charge in [-0.2, -0.15) is 4.98 Å². The molecule has 1 aliphatic rings. The average molecular weight is 347 g/mol. The number of rotatable bonds is 3. The minimum absolute atomic E-state index is 0.0635. The van der Waals surface area contributed by atoms with E-state index in [9.17, 15) is 4.79 Å². The average Bonchev–Trinajstić information content (AvgIpc) is 3.19. The molecule has 1 fully saturated rings. The molecule has 3 aromatic rings. The highest BCUT2D eigenvalue weighted by Crippen LogP contribution is 2.28. The zero-order valence-corrected chi connectivity index (χ0v) is 14.8. The molecule has 1 amide bonds. The summed E-state index contributed by atoms with van der Waals surface area (Å²) in [5, 5.41) is 4.13. The Bertz CT molecular complexity index is 887. The number of benzene rings is 2. The Kier molecular flexibility index (Phi) is 4.52. The third kappa shape index (κ3) is 3.38. The van der Waals surface area contributed by atoms with Crippen LogP contribution in [0.4, 0.5) is 0 Å². The molecule has 0 N–H and O–H groups in total. The van der Waals surface area contributed by atoms with Gasteiger partial charge in [-0.15, -0.1) is 0 Å². The Morgan fingerprint density at radius 2 is 1.88 bits per heavy atom. The molecule has 2 aromatic carbocycles. The maximum atomic E-state index is 12.7.